The summed E-state index contributed by atoms with van der Waals surface area (Å²) < 4.78 is 27.4. The third-order valence-corrected chi connectivity index (χ3v) is 3.28. The Kier molecular flexibility index (Phi) is 3.12. The van der Waals surface area contributed by atoms with Gasteiger partial charge in [-0.05, 0) is 18.6 Å². The van der Waals surface area contributed by atoms with Crippen LogP contribution in [0.5, 0.6) is 0 Å². The molecule has 0 amide bonds. The van der Waals surface area contributed by atoms with Crippen molar-refractivity contribution in [2.75, 3.05) is 12.0 Å². The molecule has 92 valence electrons. The van der Waals surface area contributed by atoms with Crippen molar-refractivity contribution in [2.24, 2.45) is 5.73 Å². The number of fused-ring (bicyclic) bond motifs is 1. The van der Waals surface area contributed by atoms with E-state index in [0.29, 0.717) is 17.1 Å². The van der Waals surface area contributed by atoms with Crippen molar-refractivity contribution < 1.29 is 12.8 Å². The van der Waals surface area contributed by atoms with E-state index in [1.165, 1.54) is 6.26 Å². The number of pyridine rings is 1. The number of nitrogens with zero attached hydrogens (tertiary/aromatic N) is 2. The molecule has 0 aliphatic heterocycles. The molecule has 1 atom stereocenters. The molecule has 0 fully saturated rings. The fourth-order valence-corrected chi connectivity index (χ4v) is 2.09. The first kappa shape index (κ1) is 12.0. The predicted molar refractivity (Wildman–Crippen MR) is 63.1 cm³/mol. The monoisotopic (exact) mass is 255 g/mol. The Morgan fingerprint density at radius 1 is 1.53 bits per heavy atom. The van der Waals surface area contributed by atoms with E-state index in [1.54, 1.807) is 18.3 Å². The van der Waals surface area contributed by atoms with Crippen molar-refractivity contribution in [3.8, 4) is 0 Å². The van der Waals surface area contributed by atoms with Crippen molar-refractivity contribution >= 4 is 21.1 Å². The largest absolute Gasteiger partial charge is 0.437 e. The second kappa shape index (κ2) is 4.42. The van der Waals surface area contributed by atoms with Crippen LogP contribution in [0.15, 0.2) is 22.7 Å². The number of rotatable bonds is 4. The van der Waals surface area contributed by atoms with E-state index in [4.69, 9.17) is 10.2 Å². The zero-order valence-corrected chi connectivity index (χ0v) is 10.1. The minimum Gasteiger partial charge on any atom is -0.437 e. The van der Waals surface area contributed by atoms with Crippen LogP contribution in [0, 0.1) is 0 Å². The lowest BCUT2D eigenvalue weighted by Gasteiger charge is -2.05. The van der Waals surface area contributed by atoms with Gasteiger partial charge in [-0.2, -0.15) is 4.98 Å². The quantitative estimate of drug-likeness (QED) is 0.861. The van der Waals surface area contributed by atoms with Gasteiger partial charge in [-0.25, -0.2) is 13.4 Å². The minimum atomic E-state index is -3.02. The second-order valence-corrected chi connectivity index (χ2v) is 6.16. The Labute approximate surface area is 98.8 Å². The molecular formula is C10H13N3O3S. The Balaban J connectivity index is 2.16. The molecule has 2 N–H and O–H groups in total. The molecule has 2 rings (SSSR count). The summed E-state index contributed by atoms with van der Waals surface area (Å²) in [6.45, 7) is 0. The van der Waals surface area contributed by atoms with Crippen LogP contribution in [0.25, 0.3) is 11.2 Å². The van der Waals surface area contributed by atoms with Crippen molar-refractivity contribution in [2.45, 2.75) is 12.5 Å². The topological polar surface area (TPSA) is 99.1 Å². The van der Waals surface area contributed by atoms with Gasteiger partial charge in [-0.15, -0.1) is 0 Å². The van der Waals surface area contributed by atoms with Gasteiger partial charge in [-0.1, -0.05) is 0 Å². The van der Waals surface area contributed by atoms with Crippen molar-refractivity contribution in [3.05, 3.63) is 24.2 Å². The zero-order valence-electron chi connectivity index (χ0n) is 9.33. The number of hydrogen-bond acceptors (Lipinski definition) is 6. The summed E-state index contributed by atoms with van der Waals surface area (Å²) in [5.74, 6) is 0.336. The molecule has 6 nitrogen and oxygen atoms in total. The zero-order chi connectivity index (χ0) is 12.5. The van der Waals surface area contributed by atoms with Crippen molar-refractivity contribution in [1.82, 2.24) is 9.97 Å². The fourth-order valence-electron chi connectivity index (χ4n) is 1.41. The van der Waals surface area contributed by atoms with Crippen molar-refractivity contribution in [3.63, 3.8) is 0 Å². The highest BCUT2D eigenvalue weighted by Crippen LogP contribution is 2.19. The lowest BCUT2D eigenvalue weighted by molar-refractivity contribution is 0.468. The maximum atomic E-state index is 11.0. The van der Waals surface area contributed by atoms with E-state index in [2.05, 4.69) is 9.97 Å². The number of aromatic nitrogens is 2. The van der Waals surface area contributed by atoms with E-state index < -0.39 is 15.9 Å². The Hall–Kier alpha value is -1.47. The highest BCUT2D eigenvalue weighted by atomic mass is 32.2. The minimum absolute atomic E-state index is 0.0142. The Morgan fingerprint density at radius 2 is 2.29 bits per heavy atom. The highest BCUT2D eigenvalue weighted by Gasteiger charge is 2.16. The molecular weight excluding hydrogens is 242 g/mol. The van der Waals surface area contributed by atoms with Gasteiger partial charge in [0.15, 0.2) is 11.2 Å². The summed E-state index contributed by atoms with van der Waals surface area (Å²) in [5.41, 5.74) is 6.85. The van der Waals surface area contributed by atoms with Gasteiger partial charge in [0.05, 0.1) is 11.8 Å². The standard InChI is InChI=1S/C10H13N3O3S/c1-17(14,15)6-4-7(11)10-13-9-8(16-10)3-2-5-12-9/h2-3,5,7H,4,6,11H2,1H3. The van der Waals surface area contributed by atoms with Gasteiger partial charge in [0.25, 0.3) is 0 Å². The molecule has 0 aromatic carbocycles. The number of hydrogen-bond donors (Lipinski definition) is 1. The van der Waals surface area contributed by atoms with Crippen LogP contribution in [-0.2, 0) is 9.84 Å². The first-order chi connectivity index (χ1) is 7.96. The second-order valence-electron chi connectivity index (χ2n) is 3.90. The molecule has 0 bridgehead atoms. The summed E-state index contributed by atoms with van der Waals surface area (Å²) >= 11 is 0. The van der Waals surface area contributed by atoms with Crippen LogP contribution in [-0.4, -0.2) is 30.4 Å². The fraction of sp³-hybridized carbons (Fsp3) is 0.400. The highest BCUT2D eigenvalue weighted by molar-refractivity contribution is 7.90. The molecule has 0 saturated heterocycles. The lowest BCUT2D eigenvalue weighted by Crippen LogP contribution is -2.15. The SMILES string of the molecule is CS(=O)(=O)CCC(N)c1nc2ncccc2o1. The maximum Gasteiger partial charge on any atom is 0.214 e. The lowest BCUT2D eigenvalue weighted by atomic mass is 10.2. The molecule has 2 aromatic rings. The Morgan fingerprint density at radius 3 is 2.94 bits per heavy atom. The summed E-state index contributed by atoms with van der Waals surface area (Å²) in [5, 5.41) is 0. The number of nitrogens with two attached hydrogens (primary N) is 1. The third kappa shape index (κ3) is 3.01. The van der Waals surface area contributed by atoms with Crippen LogP contribution in [0.4, 0.5) is 0 Å². The van der Waals surface area contributed by atoms with E-state index >= 15 is 0 Å². The molecule has 0 saturated carbocycles. The van der Waals surface area contributed by atoms with E-state index in [9.17, 15) is 8.42 Å². The van der Waals surface area contributed by atoms with Crippen LogP contribution in [0.3, 0.4) is 0 Å². The average molecular weight is 255 g/mol. The molecule has 17 heavy (non-hydrogen) atoms. The number of oxazole rings is 1. The van der Waals surface area contributed by atoms with E-state index in [1.807, 2.05) is 0 Å². The van der Waals surface area contributed by atoms with Crippen LogP contribution in [0.2, 0.25) is 0 Å². The van der Waals surface area contributed by atoms with Gasteiger partial charge in [0, 0.05) is 12.5 Å². The smallest absolute Gasteiger partial charge is 0.214 e. The molecule has 2 heterocycles. The molecule has 0 aliphatic carbocycles. The molecule has 2 aromatic heterocycles. The van der Waals surface area contributed by atoms with E-state index in [0.717, 1.165) is 0 Å². The van der Waals surface area contributed by atoms with E-state index in [-0.39, 0.29) is 12.2 Å². The maximum absolute atomic E-state index is 11.0. The van der Waals surface area contributed by atoms with Gasteiger partial charge >= 0.3 is 0 Å². The van der Waals surface area contributed by atoms with Gasteiger partial charge in [0.2, 0.25) is 5.89 Å². The summed E-state index contributed by atoms with van der Waals surface area (Å²) in [6, 6.07) is 2.94. The average Bonchev–Trinajstić information content (AvgIpc) is 2.68. The number of sulfone groups is 1. The molecule has 0 spiro atoms. The molecule has 1 unspecified atom stereocenters. The summed E-state index contributed by atoms with van der Waals surface area (Å²) in [7, 11) is -3.02. The summed E-state index contributed by atoms with van der Waals surface area (Å²) in [4.78, 5) is 8.13. The van der Waals surface area contributed by atoms with Crippen LogP contribution >= 0.6 is 0 Å². The van der Waals surface area contributed by atoms with Crippen LogP contribution < -0.4 is 5.73 Å². The Bertz CT molecular complexity index is 588. The third-order valence-electron chi connectivity index (χ3n) is 2.30. The van der Waals surface area contributed by atoms with Gasteiger partial charge in [0.1, 0.15) is 9.84 Å². The van der Waals surface area contributed by atoms with Gasteiger partial charge < -0.3 is 10.2 Å². The first-order valence-corrected chi connectivity index (χ1v) is 7.16. The van der Waals surface area contributed by atoms with Crippen LogP contribution in [0.1, 0.15) is 18.4 Å². The molecule has 0 radical (unpaired) electrons. The molecule has 7 heteroatoms. The molecule has 0 aliphatic rings. The predicted octanol–water partition coefficient (Wildman–Crippen LogP) is 0.657. The first-order valence-electron chi connectivity index (χ1n) is 5.10. The summed E-state index contributed by atoms with van der Waals surface area (Å²) in [6.07, 6.45) is 3.07. The van der Waals surface area contributed by atoms with Gasteiger partial charge in [-0.3, -0.25) is 0 Å². The van der Waals surface area contributed by atoms with Crippen molar-refractivity contribution in [1.29, 1.82) is 0 Å². The normalized spacial score (nSPS) is 14.0.